The van der Waals surface area contributed by atoms with Crippen LogP contribution in [-0.4, -0.2) is 31.7 Å². The smallest absolute Gasteiger partial charge is 0.163 e. The van der Waals surface area contributed by atoms with Crippen molar-refractivity contribution in [2.24, 2.45) is 0 Å². The molecule has 1 fully saturated rings. The van der Waals surface area contributed by atoms with E-state index in [2.05, 4.69) is 6.92 Å². The van der Waals surface area contributed by atoms with E-state index in [-0.39, 0.29) is 6.10 Å². The third-order valence-corrected chi connectivity index (χ3v) is 4.26. The van der Waals surface area contributed by atoms with Gasteiger partial charge in [-0.25, -0.2) is 0 Å². The largest absolute Gasteiger partial charge is 0.379 e. The summed E-state index contributed by atoms with van der Waals surface area (Å²) >= 11 is 0. The third kappa shape index (κ3) is 10.6. The Morgan fingerprint density at radius 3 is 1.91 bits per heavy atom. The van der Waals surface area contributed by atoms with E-state index in [4.69, 9.17) is 14.2 Å². The molecule has 1 aliphatic rings. The fourth-order valence-corrected chi connectivity index (χ4v) is 2.93. The Hall–Kier alpha value is -0.120. The van der Waals surface area contributed by atoms with Crippen LogP contribution in [0.2, 0.25) is 0 Å². The second kappa shape index (κ2) is 12.3. The molecule has 0 aliphatic carbocycles. The summed E-state index contributed by atoms with van der Waals surface area (Å²) in [5.41, 5.74) is 0. The second-order valence-corrected chi connectivity index (χ2v) is 7.06. The zero-order valence-electron chi connectivity index (χ0n) is 15.2. The predicted molar refractivity (Wildman–Crippen MR) is 92.2 cm³/mol. The molecule has 0 aromatic carbocycles. The fraction of sp³-hybridized carbons (Fsp3) is 1.00. The lowest BCUT2D eigenvalue weighted by molar-refractivity contribution is -0.145. The van der Waals surface area contributed by atoms with E-state index >= 15 is 0 Å². The molecule has 3 heteroatoms. The van der Waals surface area contributed by atoms with E-state index < -0.39 is 5.79 Å². The lowest BCUT2D eigenvalue weighted by Gasteiger charge is -2.17. The van der Waals surface area contributed by atoms with Gasteiger partial charge in [0.25, 0.3) is 0 Å². The van der Waals surface area contributed by atoms with E-state index in [1.165, 1.54) is 70.6 Å². The minimum atomic E-state index is -0.426. The number of hydrogen-bond acceptors (Lipinski definition) is 3. The molecule has 1 rings (SSSR count). The molecule has 0 amide bonds. The normalized spacial score (nSPS) is 20.6. The second-order valence-electron chi connectivity index (χ2n) is 7.06. The van der Waals surface area contributed by atoms with Gasteiger partial charge in [0.1, 0.15) is 6.10 Å². The van der Waals surface area contributed by atoms with Crippen LogP contribution in [0.25, 0.3) is 0 Å². The molecule has 0 aromatic rings. The van der Waals surface area contributed by atoms with Gasteiger partial charge in [0, 0.05) is 6.61 Å². The van der Waals surface area contributed by atoms with Gasteiger partial charge in [0.2, 0.25) is 0 Å². The highest BCUT2D eigenvalue weighted by molar-refractivity contribution is 4.70. The molecular weight excluding hydrogens is 276 g/mol. The van der Waals surface area contributed by atoms with Crippen LogP contribution >= 0.6 is 0 Å². The zero-order valence-corrected chi connectivity index (χ0v) is 15.2. The summed E-state index contributed by atoms with van der Waals surface area (Å²) in [4.78, 5) is 0. The first-order valence-corrected chi connectivity index (χ1v) is 9.53. The van der Waals surface area contributed by atoms with Gasteiger partial charge >= 0.3 is 0 Å². The highest BCUT2D eigenvalue weighted by atomic mass is 16.7. The summed E-state index contributed by atoms with van der Waals surface area (Å²) < 4.78 is 16.9. The molecule has 0 N–H and O–H groups in total. The summed E-state index contributed by atoms with van der Waals surface area (Å²) in [5, 5.41) is 0. The minimum absolute atomic E-state index is 0.114. The van der Waals surface area contributed by atoms with Crippen molar-refractivity contribution >= 4 is 0 Å². The van der Waals surface area contributed by atoms with Crippen LogP contribution in [0.1, 0.15) is 91.4 Å². The number of rotatable bonds is 14. The van der Waals surface area contributed by atoms with Crippen molar-refractivity contribution in [2.45, 2.75) is 103 Å². The maximum atomic E-state index is 5.71. The molecule has 0 spiro atoms. The molecule has 0 radical (unpaired) electrons. The number of ether oxygens (including phenoxy) is 3. The molecule has 22 heavy (non-hydrogen) atoms. The molecule has 1 heterocycles. The highest BCUT2D eigenvalue weighted by Gasteiger charge is 2.32. The van der Waals surface area contributed by atoms with Crippen LogP contribution in [-0.2, 0) is 14.2 Å². The lowest BCUT2D eigenvalue weighted by Crippen LogP contribution is -2.24. The van der Waals surface area contributed by atoms with Crippen molar-refractivity contribution in [3.63, 3.8) is 0 Å². The van der Waals surface area contributed by atoms with E-state index in [0.29, 0.717) is 13.2 Å². The van der Waals surface area contributed by atoms with Gasteiger partial charge in [0.05, 0.1) is 13.2 Å². The Labute approximate surface area is 138 Å². The maximum absolute atomic E-state index is 5.71. The van der Waals surface area contributed by atoms with Crippen molar-refractivity contribution in [2.75, 3.05) is 19.8 Å². The summed E-state index contributed by atoms with van der Waals surface area (Å²) in [6.45, 7) is 8.37. The molecular formula is C19H38O3. The zero-order chi connectivity index (χ0) is 16.1. The average Bonchev–Trinajstić information content (AvgIpc) is 2.83. The van der Waals surface area contributed by atoms with Gasteiger partial charge in [-0.3, -0.25) is 0 Å². The Morgan fingerprint density at radius 2 is 1.41 bits per heavy atom. The van der Waals surface area contributed by atoms with Crippen molar-refractivity contribution in [3.8, 4) is 0 Å². The van der Waals surface area contributed by atoms with Crippen molar-refractivity contribution in [3.05, 3.63) is 0 Å². The standard InChI is InChI=1S/C19H38O3/c1-4-5-6-7-8-9-10-11-12-13-14-15-20-16-18-17-21-19(2,3)22-18/h18H,4-17H2,1-3H3. The van der Waals surface area contributed by atoms with Crippen molar-refractivity contribution in [1.82, 2.24) is 0 Å². The summed E-state index contributed by atoms with van der Waals surface area (Å²) in [6.07, 6.45) is 15.2. The number of hydrogen-bond donors (Lipinski definition) is 0. The molecule has 0 saturated carbocycles. The molecule has 1 atom stereocenters. The molecule has 1 saturated heterocycles. The lowest BCUT2D eigenvalue weighted by atomic mass is 10.1. The molecule has 1 aliphatic heterocycles. The maximum Gasteiger partial charge on any atom is 0.163 e. The molecule has 132 valence electrons. The van der Waals surface area contributed by atoms with Crippen LogP contribution in [0, 0.1) is 0 Å². The summed E-state index contributed by atoms with van der Waals surface area (Å²) in [7, 11) is 0. The van der Waals surface area contributed by atoms with Crippen molar-refractivity contribution in [1.29, 1.82) is 0 Å². The molecule has 0 bridgehead atoms. The fourth-order valence-electron chi connectivity index (χ4n) is 2.93. The first-order chi connectivity index (χ1) is 10.6. The van der Waals surface area contributed by atoms with Gasteiger partial charge in [-0.1, -0.05) is 71.1 Å². The predicted octanol–water partition coefficient (Wildman–Crippen LogP) is 5.47. The Kier molecular flexibility index (Phi) is 11.2. The summed E-state index contributed by atoms with van der Waals surface area (Å²) in [6, 6.07) is 0. The number of unbranched alkanes of at least 4 members (excludes halogenated alkanes) is 10. The van der Waals surface area contributed by atoms with Gasteiger partial charge in [-0.15, -0.1) is 0 Å². The van der Waals surface area contributed by atoms with Crippen LogP contribution in [0.15, 0.2) is 0 Å². The van der Waals surface area contributed by atoms with E-state index in [1.54, 1.807) is 0 Å². The van der Waals surface area contributed by atoms with E-state index in [1.807, 2.05) is 13.8 Å². The topological polar surface area (TPSA) is 27.7 Å². The SMILES string of the molecule is CCCCCCCCCCCCCOCC1COC(C)(C)O1. The first-order valence-electron chi connectivity index (χ1n) is 9.53. The third-order valence-electron chi connectivity index (χ3n) is 4.26. The van der Waals surface area contributed by atoms with Crippen LogP contribution in [0.5, 0.6) is 0 Å². The quantitative estimate of drug-likeness (QED) is 0.398. The molecule has 1 unspecified atom stereocenters. The highest BCUT2D eigenvalue weighted by Crippen LogP contribution is 2.22. The average molecular weight is 315 g/mol. The van der Waals surface area contributed by atoms with Gasteiger partial charge < -0.3 is 14.2 Å². The van der Waals surface area contributed by atoms with Crippen LogP contribution < -0.4 is 0 Å². The Bertz CT molecular complexity index is 253. The monoisotopic (exact) mass is 314 g/mol. The van der Waals surface area contributed by atoms with E-state index in [9.17, 15) is 0 Å². The molecule has 3 nitrogen and oxygen atoms in total. The van der Waals surface area contributed by atoms with Gasteiger partial charge in [0.15, 0.2) is 5.79 Å². The minimum Gasteiger partial charge on any atom is -0.379 e. The van der Waals surface area contributed by atoms with E-state index in [0.717, 1.165) is 6.61 Å². The Morgan fingerprint density at radius 1 is 0.864 bits per heavy atom. The van der Waals surface area contributed by atoms with Crippen LogP contribution in [0.3, 0.4) is 0 Å². The van der Waals surface area contributed by atoms with Crippen LogP contribution in [0.4, 0.5) is 0 Å². The van der Waals surface area contributed by atoms with Crippen molar-refractivity contribution < 1.29 is 14.2 Å². The van der Waals surface area contributed by atoms with Gasteiger partial charge in [-0.2, -0.15) is 0 Å². The summed E-state index contributed by atoms with van der Waals surface area (Å²) in [5.74, 6) is -0.426. The van der Waals surface area contributed by atoms with Gasteiger partial charge in [-0.05, 0) is 20.3 Å². The Balaban J connectivity index is 1.73. The first kappa shape index (κ1) is 19.9. The molecule has 0 aromatic heterocycles.